The predicted molar refractivity (Wildman–Crippen MR) is 134 cm³/mol. The lowest BCUT2D eigenvalue weighted by atomic mass is 10.0. The summed E-state index contributed by atoms with van der Waals surface area (Å²) in [4.78, 5) is 25.5. The Labute approximate surface area is 208 Å². The topological polar surface area (TPSA) is 89.3 Å². The van der Waals surface area contributed by atoms with Crippen molar-refractivity contribution in [3.63, 3.8) is 0 Å². The zero-order valence-electron chi connectivity index (χ0n) is 19.6. The number of hydrogen-bond donors (Lipinski definition) is 0. The van der Waals surface area contributed by atoms with Crippen LogP contribution in [0.3, 0.4) is 0 Å². The molecule has 1 amide bonds. The lowest BCUT2D eigenvalue weighted by Gasteiger charge is -2.35. The van der Waals surface area contributed by atoms with Crippen LogP contribution in [-0.2, 0) is 4.79 Å². The highest BCUT2D eigenvalue weighted by atomic mass is 35.5. The number of anilines is 1. The van der Waals surface area contributed by atoms with Crippen molar-refractivity contribution in [3.8, 4) is 11.4 Å². The van der Waals surface area contributed by atoms with Gasteiger partial charge >= 0.3 is 0 Å². The van der Waals surface area contributed by atoms with Gasteiger partial charge in [0.15, 0.2) is 23.6 Å². The number of amides is 1. The molecular formula is C25H26ClN7O2. The van der Waals surface area contributed by atoms with E-state index in [-0.39, 0.29) is 12.5 Å². The smallest absolute Gasteiger partial charge is 0.260 e. The van der Waals surface area contributed by atoms with Crippen molar-refractivity contribution in [1.29, 1.82) is 0 Å². The molecule has 1 saturated heterocycles. The van der Waals surface area contributed by atoms with Crippen LogP contribution in [0, 0.1) is 0 Å². The van der Waals surface area contributed by atoms with Crippen molar-refractivity contribution in [1.82, 2.24) is 29.9 Å². The number of benzene rings is 2. The molecule has 0 atom stereocenters. The van der Waals surface area contributed by atoms with Gasteiger partial charge in [0, 0.05) is 31.2 Å². The summed E-state index contributed by atoms with van der Waals surface area (Å²) in [6.07, 6.45) is 1.52. The largest absolute Gasteiger partial charge is 0.484 e. The van der Waals surface area contributed by atoms with Gasteiger partial charge in [0.2, 0.25) is 0 Å². The SMILES string of the molecule is CC(C)c1ccc(OCC(=O)N2CCN(c3ncnc4c3nnn4-c3ccc(Cl)cc3)CC2)cc1. The molecule has 4 aromatic rings. The summed E-state index contributed by atoms with van der Waals surface area (Å²) in [5.41, 5.74) is 3.30. The predicted octanol–water partition coefficient (Wildman–Crippen LogP) is 3.71. The molecule has 0 radical (unpaired) electrons. The van der Waals surface area contributed by atoms with Crippen LogP contribution < -0.4 is 9.64 Å². The molecule has 3 heterocycles. The second-order valence-corrected chi connectivity index (χ2v) is 9.16. The normalized spacial score (nSPS) is 14.1. The zero-order chi connectivity index (χ0) is 24.4. The molecule has 0 unspecified atom stereocenters. The minimum absolute atomic E-state index is 0.0220. The Hall–Kier alpha value is -3.72. The molecule has 0 bridgehead atoms. The quantitative estimate of drug-likeness (QED) is 0.406. The molecule has 35 heavy (non-hydrogen) atoms. The van der Waals surface area contributed by atoms with Crippen molar-refractivity contribution in [2.45, 2.75) is 19.8 Å². The first-order valence-corrected chi connectivity index (χ1v) is 12.0. The number of halogens is 1. The Kier molecular flexibility index (Phi) is 6.50. The molecule has 2 aromatic carbocycles. The number of carbonyl (C=O) groups is 1. The Morgan fingerprint density at radius 3 is 2.40 bits per heavy atom. The number of carbonyl (C=O) groups excluding carboxylic acids is 1. The second-order valence-electron chi connectivity index (χ2n) is 8.73. The first-order valence-electron chi connectivity index (χ1n) is 11.6. The summed E-state index contributed by atoms with van der Waals surface area (Å²) in [5.74, 6) is 1.84. The molecule has 2 aromatic heterocycles. The van der Waals surface area contributed by atoms with E-state index < -0.39 is 0 Å². The van der Waals surface area contributed by atoms with Gasteiger partial charge in [-0.05, 0) is 47.9 Å². The highest BCUT2D eigenvalue weighted by molar-refractivity contribution is 6.30. The molecule has 10 heteroatoms. The van der Waals surface area contributed by atoms with Gasteiger partial charge < -0.3 is 14.5 Å². The van der Waals surface area contributed by atoms with Crippen molar-refractivity contribution in [2.75, 3.05) is 37.7 Å². The van der Waals surface area contributed by atoms with E-state index in [0.29, 0.717) is 59.9 Å². The molecular weight excluding hydrogens is 466 g/mol. The molecule has 180 valence electrons. The highest BCUT2D eigenvalue weighted by Crippen LogP contribution is 2.24. The number of hydrogen-bond acceptors (Lipinski definition) is 7. The standard InChI is InChI=1S/C25H26ClN7O2/c1-17(2)18-3-9-21(10-4-18)35-15-22(34)31-11-13-32(14-12-31)24-23-25(28-16-27-24)33(30-29-23)20-7-5-19(26)6-8-20/h3-10,16-17H,11-15H2,1-2H3. The van der Waals surface area contributed by atoms with E-state index in [0.717, 1.165) is 5.69 Å². The minimum Gasteiger partial charge on any atom is -0.484 e. The molecule has 0 N–H and O–H groups in total. The van der Waals surface area contributed by atoms with E-state index in [1.807, 2.05) is 41.3 Å². The van der Waals surface area contributed by atoms with Crippen LogP contribution >= 0.6 is 11.6 Å². The molecule has 1 aliphatic rings. The monoisotopic (exact) mass is 491 g/mol. The summed E-state index contributed by atoms with van der Waals surface area (Å²) in [7, 11) is 0. The molecule has 0 aliphatic carbocycles. The Bertz CT molecular complexity index is 1310. The maximum Gasteiger partial charge on any atom is 0.260 e. The van der Waals surface area contributed by atoms with E-state index in [9.17, 15) is 4.79 Å². The van der Waals surface area contributed by atoms with Gasteiger partial charge in [0.1, 0.15) is 12.1 Å². The summed E-state index contributed by atoms with van der Waals surface area (Å²) in [6, 6.07) is 15.2. The van der Waals surface area contributed by atoms with E-state index in [1.54, 1.807) is 16.8 Å². The number of nitrogens with zero attached hydrogens (tertiary/aromatic N) is 7. The van der Waals surface area contributed by atoms with Gasteiger partial charge in [-0.15, -0.1) is 5.10 Å². The summed E-state index contributed by atoms with van der Waals surface area (Å²) in [5, 5.41) is 9.26. The molecule has 5 rings (SSSR count). The molecule has 1 fully saturated rings. The Balaban J connectivity index is 1.22. The fourth-order valence-electron chi connectivity index (χ4n) is 4.08. The molecule has 0 saturated carbocycles. The van der Waals surface area contributed by atoms with Crippen LogP contribution in [0.15, 0.2) is 54.9 Å². The number of fused-ring (bicyclic) bond motifs is 1. The first-order chi connectivity index (χ1) is 17.0. The highest BCUT2D eigenvalue weighted by Gasteiger charge is 2.25. The van der Waals surface area contributed by atoms with Crippen LogP contribution in [0.4, 0.5) is 5.82 Å². The third-order valence-electron chi connectivity index (χ3n) is 6.13. The molecule has 1 aliphatic heterocycles. The summed E-state index contributed by atoms with van der Waals surface area (Å²) >= 11 is 6.01. The molecule has 0 spiro atoms. The fraction of sp³-hybridized carbons (Fsp3) is 0.320. The average Bonchev–Trinajstić information content (AvgIpc) is 3.32. The van der Waals surface area contributed by atoms with Crippen LogP contribution in [0.2, 0.25) is 5.02 Å². The van der Waals surface area contributed by atoms with E-state index in [4.69, 9.17) is 16.3 Å². The van der Waals surface area contributed by atoms with Crippen molar-refractivity contribution in [2.24, 2.45) is 0 Å². The van der Waals surface area contributed by atoms with Crippen LogP contribution in [0.1, 0.15) is 25.3 Å². The van der Waals surface area contributed by atoms with Gasteiger partial charge in [-0.1, -0.05) is 42.8 Å². The Morgan fingerprint density at radius 2 is 1.71 bits per heavy atom. The van der Waals surface area contributed by atoms with E-state index in [1.165, 1.54) is 11.9 Å². The van der Waals surface area contributed by atoms with Crippen molar-refractivity contribution < 1.29 is 9.53 Å². The first kappa shape index (κ1) is 23.0. The third-order valence-corrected chi connectivity index (χ3v) is 6.38. The fourth-order valence-corrected chi connectivity index (χ4v) is 4.20. The summed E-state index contributed by atoms with van der Waals surface area (Å²) < 4.78 is 7.39. The minimum atomic E-state index is -0.0286. The number of piperazine rings is 1. The van der Waals surface area contributed by atoms with Crippen LogP contribution in [0.25, 0.3) is 16.9 Å². The average molecular weight is 492 g/mol. The lowest BCUT2D eigenvalue weighted by Crippen LogP contribution is -2.50. The molecule has 9 nitrogen and oxygen atoms in total. The van der Waals surface area contributed by atoms with Gasteiger partial charge in [0.25, 0.3) is 5.91 Å². The van der Waals surface area contributed by atoms with Crippen molar-refractivity contribution >= 4 is 34.5 Å². The second kappa shape index (κ2) is 9.87. The Morgan fingerprint density at radius 1 is 1.00 bits per heavy atom. The number of aromatic nitrogens is 5. The summed E-state index contributed by atoms with van der Waals surface area (Å²) in [6.45, 7) is 6.73. The maximum atomic E-state index is 12.7. The van der Waals surface area contributed by atoms with Crippen LogP contribution in [0.5, 0.6) is 5.75 Å². The number of rotatable bonds is 6. The van der Waals surface area contributed by atoms with Gasteiger partial charge in [-0.25, -0.2) is 9.97 Å². The van der Waals surface area contributed by atoms with Crippen LogP contribution in [-0.4, -0.2) is 68.6 Å². The van der Waals surface area contributed by atoms with Gasteiger partial charge in [-0.2, -0.15) is 4.68 Å². The van der Waals surface area contributed by atoms with Gasteiger partial charge in [0.05, 0.1) is 5.69 Å². The third kappa shape index (κ3) is 4.90. The van der Waals surface area contributed by atoms with E-state index in [2.05, 4.69) is 39.0 Å². The van der Waals surface area contributed by atoms with Gasteiger partial charge in [-0.3, -0.25) is 4.79 Å². The van der Waals surface area contributed by atoms with E-state index >= 15 is 0 Å². The lowest BCUT2D eigenvalue weighted by molar-refractivity contribution is -0.133. The maximum absolute atomic E-state index is 12.7. The zero-order valence-corrected chi connectivity index (χ0v) is 20.4. The van der Waals surface area contributed by atoms with Crippen molar-refractivity contribution in [3.05, 3.63) is 65.4 Å². The number of ether oxygens (including phenoxy) is 1.